The number of rotatable bonds is 2. The van der Waals surface area contributed by atoms with Gasteiger partial charge in [0.2, 0.25) is 0 Å². The van der Waals surface area contributed by atoms with E-state index in [4.69, 9.17) is 11.6 Å². The van der Waals surface area contributed by atoms with Gasteiger partial charge in [0.05, 0.1) is 0 Å². The molecule has 2 saturated carbocycles. The van der Waals surface area contributed by atoms with Crippen LogP contribution in [0.5, 0.6) is 0 Å². The number of hydrogen-bond donors (Lipinski definition) is 0. The van der Waals surface area contributed by atoms with Crippen molar-refractivity contribution in [3.05, 3.63) is 186 Å². The Kier molecular flexibility index (Phi) is 12.4. The van der Waals surface area contributed by atoms with Crippen molar-refractivity contribution in [2.45, 2.75) is 61.8 Å². The van der Waals surface area contributed by atoms with E-state index in [0.29, 0.717) is 5.92 Å². The number of benzene rings is 3. The first-order chi connectivity index (χ1) is 25.2. The minimum Gasteiger partial charge on any atom is -1.00 e. The minimum absolute atomic E-state index is 0. The van der Waals surface area contributed by atoms with Crippen LogP contribution in [0.3, 0.4) is 0 Å². The van der Waals surface area contributed by atoms with Crippen LogP contribution < -0.4 is 24.8 Å². The van der Waals surface area contributed by atoms with Crippen molar-refractivity contribution >= 4 is 25.6 Å². The van der Waals surface area contributed by atoms with Gasteiger partial charge in [-0.05, 0) is 28.6 Å². The molecule has 3 aromatic rings. The van der Waals surface area contributed by atoms with Gasteiger partial charge < -0.3 is 31.2 Å². The fourth-order valence-electron chi connectivity index (χ4n) is 11.8. The molecule has 0 bridgehead atoms. The van der Waals surface area contributed by atoms with Gasteiger partial charge in [-0.3, -0.25) is 6.08 Å². The average Bonchev–Trinajstić information content (AvgIpc) is 3.81. The van der Waals surface area contributed by atoms with Crippen molar-refractivity contribution in [3.63, 3.8) is 0 Å². The molecular formula is C51H53Cl3Zr-2. The zero-order valence-electron chi connectivity index (χ0n) is 33.4. The first-order valence-corrected chi connectivity index (χ1v) is 20.8. The summed E-state index contributed by atoms with van der Waals surface area (Å²) in [6.07, 6.45) is 39.3. The Balaban J connectivity index is 0.000000192. The van der Waals surface area contributed by atoms with Gasteiger partial charge in [-0.2, -0.15) is 6.08 Å². The van der Waals surface area contributed by atoms with Crippen molar-refractivity contribution < 1.29 is 49.0 Å². The Morgan fingerprint density at radius 2 is 1.33 bits per heavy atom. The standard InChI is InChI=1S/C29H37.C17H11Cl.C5H5.2ClH.Zr/c1-21-14-13-15-22-20-27(6)25(4)18-10-9-16-23(25,2)24(3)17-11-12-19-26(24,5)29(27,8)28(21,22)7;18-16-9-3-5-13(12-16)11-15-8-4-7-14-6-1-2-10-17(14)15;1-2-4-5-3-1;;;/h9-20,22H,1-8H3;1-10,12H;1-3H,4H2;2*1H;/q-1;;-1;;;+2/p-2. The third-order valence-electron chi connectivity index (χ3n) is 15.8. The largest absolute Gasteiger partial charge is 1.00 e. The summed E-state index contributed by atoms with van der Waals surface area (Å²) in [6.45, 7) is 20.3. The predicted octanol–water partition coefficient (Wildman–Crippen LogP) is 7.57. The van der Waals surface area contributed by atoms with Crippen molar-refractivity contribution in [1.82, 2.24) is 0 Å². The van der Waals surface area contributed by atoms with Crippen LogP contribution in [0.25, 0.3) is 10.8 Å². The molecule has 4 heteroatoms. The monoisotopic (exact) mass is 860 g/mol. The second-order valence-corrected chi connectivity index (χ2v) is 18.8. The Hall–Kier alpha value is -2.54. The molecule has 0 aromatic heterocycles. The molecule has 0 spiro atoms. The van der Waals surface area contributed by atoms with Crippen LogP contribution in [0.1, 0.15) is 72.9 Å². The van der Waals surface area contributed by atoms with Crippen LogP contribution in [0.15, 0.2) is 157 Å². The molecule has 8 atom stereocenters. The number of fused-ring (bicyclic) bond motifs is 9. The molecule has 6 aliphatic carbocycles. The summed E-state index contributed by atoms with van der Waals surface area (Å²) < 4.78 is 1.34. The van der Waals surface area contributed by atoms with Crippen LogP contribution in [-0.4, -0.2) is 3.21 Å². The van der Waals surface area contributed by atoms with E-state index < -0.39 is 0 Å². The molecule has 284 valence electrons. The summed E-state index contributed by atoms with van der Waals surface area (Å²) in [4.78, 5) is 0. The smallest absolute Gasteiger partial charge is 0.109 e. The van der Waals surface area contributed by atoms with Gasteiger partial charge in [0.15, 0.2) is 0 Å². The van der Waals surface area contributed by atoms with E-state index in [0.717, 1.165) is 11.4 Å². The first kappa shape index (κ1) is 43.6. The molecule has 8 unspecified atom stereocenters. The van der Waals surface area contributed by atoms with E-state index in [2.05, 4.69) is 189 Å². The molecule has 0 radical (unpaired) electrons. The Morgan fingerprint density at radius 1 is 0.727 bits per heavy atom. The maximum atomic E-state index is 6.09. The van der Waals surface area contributed by atoms with Gasteiger partial charge in [0.1, 0.15) is 0 Å². The molecule has 0 heterocycles. The van der Waals surface area contributed by atoms with Gasteiger partial charge in [0.25, 0.3) is 0 Å². The summed E-state index contributed by atoms with van der Waals surface area (Å²) in [5.41, 5.74) is 4.25. The van der Waals surface area contributed by atoms with E-state index >= 15 is 0 Å². The van der Waals surface area contributed by atoms with Crippen LogP contribution in [0, 0.1) is 56.3 Å². The van der Waals surface area contributed by atoms with Crippen molar-refractivity contribution in [2.75, 3.05) is 0 Å². The third-order valence-corrected chi connectivity index (χ3v) is 17.4. The summed E-state index contributed by atoms with van der Waals surface area (Å²) in [7, 11) is 0. The van der Waals surface area contributed by atoms with Crippen molar-refractivity contribution in [3.8, 4) is 0 Å². The summed E-state index contributed by atoms with van der Waals surface area (Å²) in [5.74, 6) is 0.460. The van der Waals surface area contributed by atoms with Crippen LogP contribution >= 0.6 is 11.6 Å². The molecule has 0 saturated heterocycles. The number of halogens is 3. The average molecular weight is 864 g/mol. The summed E-state index contributed by atoms with van der Waals surface area (Å²) in [5, 5.41) is 3.37. The molecule has 3 aromatic carbocycles. The van der Waals surface area contributed by atoms with E-state index in [9.17, 15) is 0 Å². The minimum atomic E-state index is 0. The zero-order valence-corrected chi connectivity index (χ0v) is 38.2. The van der Waals surface area contributed by atoms with Crippen molar-refractivity contribution in [2.24, 2.45) is 43.8 Å². The SMILES string of the molecule is CC1=CC=CC2[CH-]C3(C)C4(C)C=CC=CC4(C)C4(C)C=CC=CC4(C)C3(C)C12C.Clc1cccc([C](=[Zr+2])c2cccc3ccccc23)c1.[C-]1=CC=CC1.[Cl-].[Cl-]. The summed E-state index contributed by atoms with van der Waals surface area (Å²) >= 11 is 7.49. The third kappa shape index (κ3) is 5.95. The van der Waals surface area contributed by atoms with Crippen LogP contribution in [0.2, 0.25) is 5.02 Å². The van der Waals surface area contributed by atoms with E-state index in [1.54, 1.807) is 0 Å². The quantitative estimate of drug-likeness (QED) is 0.234. The van der Waals surface area contributed by atoms with Crippen LogP contribution in [0.4, 0.5) is 0 Å². The molecule has 55 heavy (non-hydrogen) atoms. The van der Waals surface area contributed by atoms with Crippen molar-refractivity contribution in [1.29, 1.82) is 0 Å². The fraction of sp³-hybridized carbons (Fsp3) is 0.333. The molecule has 2 fully saturated rings. The Labute approximate surface area is 363 Å². The van der Waals surface area contributed by atoms with Gasteiger partial charge >= 0.3 is 133 Å². The molecule has 0 amide bonds. The van der Waals surface area contributed by atoms with Crippen LogP contribution in [-0.2, 0) is 24.2 Å². The normalized spacial score (nSPS) is 36.4. The molecule has 0 aliphatic heterocycles. The Morgan fingerprint density at radius 3 is 1.95 bits per heavy atom. The fourth-order valence-corrected chi connectivity index (χ4v) is 12.9. The maximum absolute atomic E-state index is 6.09. The predicted molar refractivity (Wildman–Crippen MR) is 224 cm³/mol. The maximum Gasteiger partial charge on any atom is -0.109 e. The summed E-state index contributed by atoms with van der Waals surface area (Å²) in [6, 6.07) is 23.0. The molecule has 6 aliphatic rings. The van der Waals surface area contributed by atoms with Gasteiger partial charge in [-0.15, -0.1) is 23.8 Å². The van der Waals surface area contributed by atoms with Gasteiger partial charge in [-0.25, -0.2) is 12.2 Å². The topological polar surface area (TPSA) is 0 Å². The van der Waals surface area contributed by atoms with E-state index in [1.807, 2.05) is 30.4 Å². The van der Waals surface area contributed by atoms with E-state index in [1.165, 1.54) is 54.9 Å². The second kappa shape index (κ2) is 15.7. The molecular weight excluding hydrogens is 810 g/mol. The zero-order chi connectivity index (χ0) is 37.9. The number of hydrogen-bond acceptors (Lipinski definition) is 0. The van der Waals surface area contributed by atoms with E-state index in [-0.39, 0.29) is 62.7 Å². The Bertz CT molecular complexity index is 2200. The first-order valence-electron chi connectivity index (χ1n) is 19.2. The molecule has 0 nitrogen and oxygen atoms in total. The van der Waals surface area contributed by atoms with Gasteiger partial charge in [0, 0.05) is 10.8 Å². The second-order valence-electron chi connectivity index (χ2n) is 17.1. The number of allylic oxidation sites excluding steroid dienone is 16. The molecule has 0 N–H and O–H groups in total. The molecule has 9 rings (SSSR count). The van der Waals surface area contributed by atoms with Gasteiger partial charge in [-0.1, -0.05) is 115 Å².